The maximum Gasteiger partial charge on any atom is 0.326 e. The van der Waals surface area contributed by atoms with Crippen LogP contribution in [0.2, 0.25) is 0 Å². The van der Waals surface area contributed by atoms with Gasteiger partial charge in [-0.1, -0.05) is 12.1 Å². The van der Waals surface area contributed by atoms with Gasteiger partial charge in [0.15, 0.2) is 0 Å². The second-order valence-corrected chi connectivity index (χ2v) is 3.17. The second kappa shape index (κ2) is 4.76. The van der Waals surface area contributed by atoms with Crippen LogP contribution in [0.4, 0.5) is 11.4 Å². The van der Waals surface area contributed by atoms with Crippen LogP contribution in [0, 0.1) is 0 Å². The van der Waals surface area contributed by atoms with Crippen LogP contribution < -0.4 is 11.1 Å². The van der Waals surface area contributed by atoms with Crippen molar-refractivity contribution in [3.8, 4) is 0 Å². The molecule has 0 fully saturated rings. The van der Waals surface area contributed by atoms with Crippen LogP contribution >= 0.6 is 12.6 Å². The zero-order valence-electron chi connectivity index (χ0n) is 7.47. The molecule has 4 N–H and O–H groups in total. The van der Waals surface area contributed by atoms with Gasteiger partial charge in [0, 0.05) is 5.75 Å². The van der Waals surface area contributed by atoms with Crippen molar-refractivity contribution in [3.63, 3.8) is 0 Å². The average molecular weight is 212 g/mol. The van der Waals surface area contributed by atoms with Gasteiger partial charge in [0.1, 0.15) is 6.04 Å². The van der Waals surface area contributed by atoms with Crippen LogP contribution in [0.25, 0.3) is 0 Å². The summed E-state index contributed by atoms with van der Waals surface area (Å²) in [5.74, 6) is -0.729. The average Bonchev–Trinajstić information content (AvgIpc) is 2.16. The third-order valence-corrected chi connectivity index (χ3v) is 2.14. The van der Waals surface area contributed by atoms with Crippen LogP contribution in [0.5, 0.6) is 0 Å². The minimum Gasteiger partial charge on any atom is -0.480 e. The number of anilines is 2. The van der Waals surface area contributed by atoms with E-state index in [1.807, 2.05) is 0 Å². The Labute approximate surface area is 87.5 Å². The van der Waals surface area contributed by atoms with E-state index in [9.17, 15) is 4.79 Å². The van der Waals surface area contributed by atoms with Gasteiger partial charge in [0.2, 0.25) is 0 Å². The molecule has 0 bridgehead atoms. The summed E-state index contributed by atoms with van der Waals surface area (Å²) in [6.45, 7) is 0. The van der Waals surface area contributed by atoms with Crippen LogP contribution in [0.1, 0.15) is 0 Å². The first kappa shape index (κ1) is 10.7. The zero-order valence-corrected chi connectivity index (χ0v) is 8.37. The minimum absolute atomic E-state index is 0.212. The number of carboxylic acid groups (broad SMARTS) is 1. The minimum atomic E-state index is -0.941. The van der Waals surface area contributed by atoms with E-state index in [2.05, 4.69) is 17.9 Å². The summed E-state index contributed by atoms with van der Waals surface area (Å²) in [7, 11) is 0. The Morgan fingerprint density at radius 2 is 2.21 bits per heavy atom. The smallest absolute Gasteiger partial charge is 0.326 e. The van der Waals surface area contributed by atoms with Crippen LogP contribution in [-0.4, -0.2) is 22.9 Å². The number of thiol groups is 1. The number of hydrogen-bond donors (Lipinski definition) is 4. The van der Waals surface area contributed by atoms with Gasteiger partial charge in [0.25, 0.3) is 0 Å². The first-order valence-electron chi connectivity index (χ1n) is 4.10. The molecule has 1 rings (SSSR count). The molecule has 5 heteroatoms. The quantitative estimate of drug-likeness (QED) is 0.445. The lowest BCUT2D eigenvalue weighted by Crippen LogP contribution is -2.31. The van der Waals surface area contributed by atoms with E-state index < -0.39 is 12.0 Å². The number of carbonyl (C=O) groups is 1. The fourth-order valence-corrected chi connectivity index (χ4v) is 1.25. The first-order valence-corrected chi connectivity index (χ1v) is 4.73. The largest absolute Gasteiger partial charge is 0.480 e. The summed E-state index contributed by atoms with van der Waals surface area (Å²) in [6.07, 6.45) is 0. The molecule has 1 aromatic carbocycles. The van der Waals surface area contributed by atoms with Crippen molar-refractivity contribution in [3.05, 3.63) is 24.3 Å². The standard InChI is InChI=1S/C9H12N2O2S/c10-6-3-1-2-4-7(6)11-8(5-14)9(12)13/h1-4,8,11,14H,5,10H2,(H,12,13)/t8-/m0/s1. The molecule has 0 aliphatic heterocycles. The molecule has 4 nitrogen and oxygen atoms in total. The third-order valence-electron chi connectivity index (χ3n) is 1.77. The van der Waals surface area contributed by atoms with Crippen molar-refractivity contribution in [2.45, 2.75) is 6.04 Å². The monoisotopic (exact) mass is 212 g/mol. The molecule has 0 saturated heterocycles. The molecule has 0 aliphatic carbocycles. The Morgan fingerprint density at radius 3 is 2.71 bits per heavy atom. The Hall–Kier alpha value is -1.36. The van der Waals surface area contributed by atoms with E-state index in [-0.39, 0.29) is 5.75 Å². The van der Waals surface area contributed by atoms with E-state index in [1.54, 1.807) is 24.3 Å². The van der Waals surface area contributed by atoms with Gasteiger partial charge in [-0.05, 0) is 12.1 Å². The van der Waals surface area contributed by atoms with Crippen LogP contribution in [0.3, 0.4) is 0 Å². The Kier molecular flexibility index (Phi) is 3.64. The summed E-state index contributed by atoms with van der Waals surface area (Å²) in [5, 5.41) is 11.6. The summed E-state index contributed by atoms with van der Waals surface area (Å²) >= 11 is 3.94. The van der Waals surface area contributed by atoms with Gasteiger partial charge < -0.3 is 16.2 Å². The van der Waals surface area contributed by atoms with Gasteiger partial charge in [-0.25, -0.2) is 4.79 Å². The number of nitrogens with one attached hydrogen (secondary N) is 1. The molecule has 76 valence electrons. The lowest BCUT2D eigenvalue weighted by atomic mass is 10.2. The molecule has 0 amide bonds. The topological polar surface area (TPSA) is 75.3 Å². The SMILES string of the molecule is Nc1ccccc1N[C@@H](CS)C(=O)O. The number of nitrogens with two attached hydrogens (primary N) is 1. The molecule has 1 atom stereocenters. The molecule has 1 aromatic rings. The molecule has 0 unspecified atom stereocenters. The number of hydrogen-bond acceptors (Lipinski definition) is 4. The lowest BCUT2D eigenvalue weighted by Gasteiger charge is -2.14. The van der Waals surface area contributed by atoms with E-state index >= 15 is 0 Å². The molecular weight excluding hydrogens is 200 g/mol. The summed E-state index contributed by atoms with van der Waals surface area (Å²) in [6, 6.07) is 6.30. The maximum atomic E-state index is 10.7. The summed E-state index contributed by atoms with van der Waals surface area (Å²) in [4.78, 5) is 10.7. The van der Waals surface area contributed by atoms with Crippen LogP contribution in [-0.2, 0) is 4.79 Å². The van der Waals surface area contributed by atoms with Gasteiger partial charge >= 0.3 is 5.97 Å². The second-order valence-electron chi connectivity index (χ2n) is 2.80. The molecule has 14 heavy (non-hydrogen) atoms. The third kappa shape index (κ3) is 2.56. The molecule has 0 saturated carbocycles. The maximum absolute atomic E-state index is 10.7. The van der Waals surface area contributed by atoms with Gasteiger partial charge in [0.05, 0.1) is 11.4 Å². The Bertz CT molecular complexity index is 330. The van der Waals surface area contributed by atoms with E-state index in [0.29, 0.717) is 11.4 Å². The van der Waals surface area contributed by atoms with Gasteiger partial charge in [-0.15, -0.1) is 0 Å². The van der Waals surface area contributed by atoms with Gasteiger partial charge in [-0.3, -0.25) is 0 Å². The predicted octanol–water partition coefficient (Wildman–Crippen LogP) is 1.06. The number of rotatable bonds is 4. The van der Waals surface area contributed by atoms with E-state index in [4.69, 9.17) is 10.8 Å². The number of carboxylic acids is 1. The van der Waals surface area contributed by atoms with E-state index in [0.717, 1.165) is 0 Å². The highest BCUT2D eigenvalue weighted by atomic mass is 32.1. The van der Waals surface area contributed by atoms with Crippen molar-refractivity contribution < 1.29 is 9.90 Å². The highest BCUT2D eigenvalue weighted by Crippen LogP contribution is 2.17. The molecular formula is C9H12N2O2S. The number of benzene rings is 1. The molecule has 0 spiro atoms. The van der Waals surface area contributed by atoms with Gasteiger partial charge in [-0.2, -0.15) is 12.6 Å². The first-order chi connectivity index (χ1) is 6.65. The zero-order chi connectivity index (χ0) is 10.6. The number of para-hydroxylation sites is 2. The van der Waals surface area contributed by atoms with Crippen molar-refractivity contribution >= 4 is 30.0 Å². The fourth-order valence-electron chi connectivity index (χ4n) is 1.00. The van der Waals surface area contributed by atoms with E-state index in [1.165, 1.54) is 0 Å². The van der Waals surface area contributed by atoms with Crippen molar-refractivity contribution in [2.75, 3.05) is 16.8 Å². The normalized spacial score (nSPS) is 12.1. The van der Waals surface area contributed by atoms with Crippen LogP contribution in [0.15, 0.2) is 24.3 Å². The summed E-state index contributed by atoms with van der Waals surface area (Å²) in [5.41, 5.74) is 6.79. The highest BCUT2D eigenvalue weighted by Gasteiger charge is 2.15. The van der Waals surface area contributed by atoms with Crippen molar-refractivity contribution in [1.29, 1.82) is 0 Å². The highest BCUT2D eigenvalue weighted by molar-refractivity contribution is 7.80. The molecule has 0 radical (unpaired) electrons. The summed E-state index contributed by atoms with van der Waals surface area (Å²) < 4.78 is 0. The molecule has 0 heterocycles. The fraction of sp³-hybridized carbons (Fsp3) is 0.222. The Balaban J connectivity index is 2.77. The van der Waals surface area contributed by atoms with Crippen molar-refractivity contribution in [1.82, 2.24) is 0 Å². The van der Waals surface area contributed by atoms with Crippen molar-refractivity contribution in [2.24, 2.45) is 0 Å². The number of nitrogen functional groups attached to an aromatic ring is 1. The molecule has 0 aromatic heterocycles. The molecule has 0 aliphatic rings. The predicted molar refractivity (Wildman–Crippen MR) is 59.8 cm³/mol. The lowest BCUT2D eigenvalue weighted by molar-refractivity contribution is -0.137. The number of aliphatic carboxylic acids is 1. The Morgan fingerprint density at radius 1 is 1.57 bits per heavy atom.